The average Bonchev–Trinajstić information content (AvgIpc) is 2.92. The SMILES string of the molecule is CCCCc1ccc(N2C[C@H](CNC(=S)NC)OC2=O)cc1. The van der Waals surface area contributed by atoms with Gasteiger partial charge in [-0.05, 0) is 42.8 Å². The van der Waals surface area contributed by atoms with E-state index >= 15 is 0 Å². The van der Waals surface area contributed by atoms with Gasteiger partial charge in [-0.3, -0.25) is 4.90 Å². The predicted octanol–water partition coefficient (Wildman–Crippen LogP) is 2.45. The van der Waals surface area contributed by atoms with Crippen molar-refractivity contribution in [1.82, 2.24) is 10.6 Å². The number of hydrogen-bond acceptors (Lipinski definition) is 3. The second-order valence-electron chi connectivity index (χ2n) is 5.35. The van der Waals surface area contributed by atoms with E-state index < -0.39 is 0 Å². The van der Waals surface area contributed by atoms with Crippen LogP contribution in [0.1, 0.15) is 25.3 Å². The number of unbranched alkanes of at least 4 members (excludes halogenated alkanes) is 1. The maximum atomic E-state index is 12.0. The van der Waals surface area contributed by atoms with Gasteiger partial charge < -0.3 is 15.4 Å². The summed E-state index contributed by atoms with van der Waals surface area (Å²) in [5.41, 5.74) is 2.18. The fourth-order valence-corrected chi connectivity index (χ4v) is 2.44. The highest BCUT2D eigenvalue weighted by molar-refractivity contribution is 7.80. The Morgan fingerprint density at radius 2 is 2.14 bits per heavy atom. The molecule has 1 aromatic rings. The molecule has 2 N–H and O–H groups in total. The molecule has 1 saturated heterocycles. The molecule has 0 aromatic heterocycles. The van der Waals surface area contributed by atoms with Crippen LogP contribution in [0.3, 0.4) is 0 Å². The molecule has 2 rings (SSSR count). The van der Waals surface area contributed by atoms with Gasteiger partial charge in [-0.15, -0.1) is 0 Å². The van der Waals surface area contributed by atoms with Gasteiger partial charge in [-0.25, -0.2) is 4.79 Å². The molecular weight excluding hydrogens is 298 g/mol. The Morgan fingerprint density at radius 1 is 1.41 bits per heavy atom. The van der Waals surface area contributed by atoms with Gasteiger partial charge >= 0.3 is 6.09 Å². The third-order valence-electron chi connectivity index (χ3n) is 3.66. The van der Waals surface area contributed by atoms with Crippen LogP contribution in [0.5, 0.6) is 0 Å². The summed E-state index contributed by atoms with van der Waals surface area (Å²) in [4.78, 5) is 13.6. The molecule has 1 atom stereocenters. The van der Waals surface area contributed by atoms with E-state index in [9.17, 15) is 4.79 Å². The first-order valence-corrected chi connectivity index (χ1v) is 8.07. The first-order chi connectivity index (χ1) is 10.6. The van der Waals surface area contributed by atoms with Gasteiger partial charge in [0.15, 0.2) is 5.11 Å². The van der Waals surface area contributed by atoms with Crippen LogP contribution in [0.4, 0.5) is 10.5 Å². The summed E-state index contributed by atoms with van der Waals surface area (Å²) in [6, 6.07) is 8.14. The number of ether oxygens (including phenoxy) is 1. The molecule has 1 fully saturated rings. The minimum Gasteiger partial charge on any atom is -0.442 e. The van der Waals surface area contributed by atoms with Gasteiger partial charge in [0.2, 0.25) is 0 Å². The van der Waals surface area contributed by atoms with Crippen molar-refractivity contribution in [3.05, 3.63) is 29.8 Å². The number of amides is 1. The summed E-state index contributed by atoms with van der Waals surface area (Å²) in [5, 5.41) is 6.40. The Balaban J connectivity index is 1.92. The normalized spacial score (nSPS) is 17.3. The van der Waals surface area contributed by atoms with Crippen molar-refractivity contribution >= 4 is 29.1 Å². The van der Waals surface area contributed by atoms with Crippen LogP contribution in [0.15, 0.2) is 24.3 Å². The highest BCUT2D eigenvalue weighted by Crippen LogP contribution is 2.22. The molecule has 0 bridgehead atoms. The lowest BCUT2D eigenvalue weighted by molar-refractivity contribution is 0.143. The number of carbonyl (C=O) groups excluding carboxylic acids is 1. The van der Waals surface area contributed by atoms with Crippen LogP contribution in [0, 0.1) is 0 Å². The van der Waals surface area contributed by atoms with E-state index in [2.05, 4.69) is 29.7 Å². The standard InChI is InChI=1S/C16H23N3O2S/c1-3-4-5-12-6-8-13(9-7-12)19-11-14(21-16(19)20)10-18-15(22)17-2/h6-9,14H,3-5,10-11H2,1-2H3,(H2,17,18,22)/t14-/m0/s1. The summed E-state index contributed by atoms with van der Waals surface area (Å²) in [6.45, 7) is 3.23. The van der Waals surface area contributed by atoms with Crippen LogP contribution in [0.2, 0.25) is 0 Å². The molecule has 120 valence electrons. The van der Waals surface area contributed by atoms with Crippen LogP contribution >= 0.6 is 12.2 Å². The van der Waals surface area contributed by atoms with Gasteiger partial charge in [0.25, 0.3) is 0 Å². The quantitative estimate of drug-likeness (QED) is 0.788. The Morgan fingerprint density at radius 3 is 2.77 bits per heavy atom. The van der Waals surface area contributed by atoms with E-state index in [-0.39, 0.29) is 12.2 Å². The fraction of sp³-hybridized carbons (Fsp3) is 0.500. The molecule has 6 heteroatoms. The number of nitrogens with zero attached hydrogens (tertiary/aromatic N) is 1. The number of rotatable bonds is 6. The van der Waals surface area contributed by atoms with E-state index in [4.69, 9.17) is 17.0 Å². The van der Waals surface area contributed by atoms with Crippen LogP contribution in [0.25, 0.3) is 0 Å². The van der Waals surface area contributed by atoms with Crippen molar-refractivity contribution in [2.75, 3.05) is 25.0 Å². The number of hydrogen-bond donors (Lipinski definition) is 2. The molecule has 5 nitrogen and oxygen atoms in total. The van der Waals surface area contributed by atoms with Gasteiger partial charge in [0.05, 0.1) is 13.1 Å². The Labute approximate surface area is 137 Å². The van der Waals surface area contributed by atoms with Crippen LogP contribution in [-0.2, 0) is 11.2 Å². The van der Waals surface area contributed by atoms with Crippen molar-refractivity contribution in [2.45, 2.75) is 32.3 Å². The molecule has 0 radical (unpaired) electrons. The maximum absolute atomic E-state index is 12.0. The van der Waals surface area contributed by atoms with Crippen molar-refractivity contribution < 1.29 is 9.53 Å². The number of aryl methyl sites for hydroxylation is 1. The second-order valence-corrected chi connectivity index (χ2v) is 5.75. The lowest BCUT2D eigenvalue weighted by Crippen LogP contribution is -2.39. The number of thiocarbonyl (C=S) groups is 1. The molecule has 22 heavy (non-hydrogen) atoms. The van der Waals surface area contributed by atoms with E-state index in [0.717, 1.165) is 12.1 Å². The minimum atomic E-state index is -0.302. The predicted molar refractivity (Wildman–Crippen MR) is 92.3 cm³/mol. The molecule has 0 aliphatic carbocycles. The molecule has 1 aliphatic rings. The Kier molecular flexibility index (Phi) is 6.00. The van der Waals surface area contributed by atoms with E-state index in [1.807, 2.05) is 12.1 Å². The zero-order chi connectivity index (χ0) is 15.9. The summed E-state index contributed by atoms with van der Waals surface area (Å²) >= 11 is 5.01. The molecule has 0 unspecified atom stereocenters. The third kappa shape index (κ3) is 4.34. The van der Waals surface area contributed by atoms with Crippen molar-refractivity contribution in [2.24, 2.45) is 0 Å². The van der Waals surface area contributed by atoms with E-state index in [1.165, 1.54) is 18.4 Å². The molecule has 1 heterocycles. The van der Waals surface area contributed by atoms with Gasteiger partial charge in [0.1, 0.15) is 6.10 Å². The summed E-state index contributed by atoms with van der Waals surface area (Å²) in [5.74, 6) is 0. The van der Waals surface area contributed by atoms with E-state index in [1.54, 1.807) is 11.9 Å². The van der Waals surface area contributed by atoms with E-state index in [0.29, 0.717) is 18.2 Å². The minimum absolute atomic E-state index is 0.196. The number of cyclic esters (lactones) is 1. The smallest absolute Gasteiger partial charge is 0.414 e. The van der Waals surface area contributed by atoms with Gasteiger partial charge in [-0.1, -0.05) is 25.5 Å². The van der Waals surface area contributed by atoms with Gasteiger partial charge in [-0.2, -0.15) is 0 Å². The fourth-order valence-electron chi connectivity index (χ4n) is 2.36. The Hall–Kier alpha value is -1.82. The summed E-state index contributed by atoms with van der Waals surface area (Å²) in [7, 11) is 1.75. The molecular formula is C16H23N3O2S. The van der Waals surface area contributed by atoms with Crippen LogP contribution < -0.4 is 15.5 Å². The second kappa shape index (κ2) is 7.98. The van der Waals surface area contributed by atoms with Crippen molar-refractivity contribution in [3.8, 4) is 0 Å². The number of carbonyl (C=O) groups is 1. The average molecular weight is 321 g/mol. The third-order valence-corrected chi connectivity index (χ3v) is 4.01. The number of nitrogens with one attached hydrogen (secondary N) is 2. The highest BCUT2D eigenvalue weighted by Gasteiger charge is 2.32. The monoisotopic (exact) mass is 321 g/mol. The van der Waals surface area contributed by atoms with Crippen molar-refractivity contribution in [3.63, 3.8) is 0 Å². The first-order valence-electron chi connectivity index (χ1n) is 7.66. The number of benzene rings is 1. The summed E-state index contributed by atoms with van der Waals surface area (Å²) in [6.07, 6.45) is 2.95. The molecule has 0 spiro atoms. The topological polar surface area (TPSA) is 53.6 Å². The lowest BCUT2D eigenvalue weighted by atomic mass is 10.1. The summed E-state index contributed by atoms with van der Waals surface area (Å²) < 4.78 is 5.36. The van der Waals surface area contributed by atoms with Crippen LogP contribution in [-0.4, -0.2) is 37.4 Å². The Bertz CT molecular complexity index is 519. The first kappa shape index (κ1) is 16.5. The van der Waals surface area contributed by atoms with Gasteiger partial charge in [0, 0.05) is 12.7 Å². The zero-order valence-corrected chi connectivity index (χ0v) is 13.9. The molecule has 1 amide bonds. The molecule has 1 aliphatic heterocycles. The number of anilines is 1. The highest BCUT2D eigenvalue weighted by atomic mass is 32.1. The largest absolute Gasteiger partial charge is 0.442 e. The maximum Gasteiger partial charge on any atom is 0.414 e. The van der Waals surface area contributed by atoms with Crippen molar-refractivity contribution in [1.29, 1.82) is 0 Å². The molecule has 1 aromatic carbocycles. The lowest BCUT2D eigenvalue weighted by Gasteiger charge is -2.14. The zero-order valence-electron chi connectivity index (χ0n) is 13.1. The molecule has 0 saturated carbocycles.